The van der Waals surface area contributed by atoms with Crippen molar-refractivity contribution in [2.75, 3.05) is 78.8 Å². The van der Waals surface area contributed by atoms with Crippen LogP contribution in [0, 0.1) is 23.7 Å². The molecule has 0 aliphatic carbocycles. The van der Waals surface area contributed by atoms with Gasteiger partial charge in [0.25, 0.3) is 0 Å². The Hall–Kier alpha value is -3.90. The average molecular weight is 1310 g/mol. The van der Waals surface area contributed by atoms with Crippen LogP contribution in [0.3, 0.4) is 0 Å². The van der Waals surface area contributed by atoms with E-state index in [1.54, 1.807) is 0 Å². The van der Waals surface area contributed by atoms with Gasteiger partial charge < -0.3 is 109 Å². The molecule has 2 aromatic carbocycles. The summed E-state index contributed by atoms with van der Waals surface area (Å²) in [6.07, 6.45) is 12.3. The number of benzene rings is 2. The number of nitrogens with two attached hydrogens (primary N) is 10. The van der Waals surface area contributed by atoms with Crippen LogP contribution < -0.4 is 104 Å². The SMILES string of the molecule is C#C.N.N=C(N)CCC[C@H](N)C(=O)NCCOc1cc(CS)c(CS)cc1OCCNC[C@@H](N)CCN=C(N)N.N=C(N)CCC[C@H](N)C(=O)NCCOc1cc2c(cc1OCCNC[C@@H](N)CCN=C(N)N)CSSC2.O.S.S.S.S.[HH]. The number of amides is 2. The highest BCUT2D eigenvalue weighted by molar-refractivity contribution is 8.76. The molecular formula is C48H101N19O7S8. The molecule has 0 fully saturated rings. The van der Waals surface area contributed by atoms with Crippen LogP contribution in [0.2, 0.25) is 0 Å². The number of amidine groups is 2. The van der Waals surface area contributed by atoms with Crippen molar-refractivity contribution in [3.63, 3.8) is 0 Å². The fraction of sp³-hybridized carbons (Fsp3) is 0.583. The van der Waals surface area contributed by atoms with E-state index in [-0.39, 0.29) is 134 Å². The number of guanidine groups is 2. The minimum absolute atomic E-state index is 0. The first-order chi connectivity index (χ1) is 36.4. The standard InChI is InChI=1S/C23H41N9O3S2.C23H43N9O3S2.C2H2.H3N.H2O.4H2S.H2/c24-17(4-5-32-23(28)29)12-30-6-8-34-19-10-15-13-36-37-14-16(15)11-20(19)35-9-7-31-22(33)18(25)2-1-3-21(26)27;24-17(4-5-32-23(28)29)12-30-6-8-34-19-10-15(13-36)16(14-37)11-20(19)35-9-7-31-22(33)18(25)2-1-3-21(26)27;1-2;;;;;;;/h10-11,17-18,30H,1-9,12-14,24-25H2,(H3,26,27)(H,31,33)(H4,28,29,32);10-11,17-18,30,36-37H,1-9,12-14,24-25H2,(H3,26,27)(H,31,33)(H4,28,29,32);1-2H;1H3;5*1H2;1H/t2*17-,18-;;;;;;;;/m00......../s1. The number of rotatable bonds is 38. The van der Waals surface area contributed by atoms with Crippen LogP contribution in [-0.4, -0.2) is 144 Å². The number of carbonyl (C=O) groups excluding carboxylic acids is 2. The summed E-state index contributed by atoms with van der Waals surface area (Å²) in [5.41, 5.74) is 60.3. The van der Waals surface area contributed by atoms with E-state index in [1.807, 2.05) is 45.9 Å². The van der Waals surface area contributed by atoms with Gasteiger partial charge >= 0.3 is 0 Å². The second kappa shape index (κ2) is 55.0. The number of terminal acetylenes is 1. The molecule has 0 saturated carbocycles. The van der Waals surface area contributed by atoms with Gasteiger partial charge in [-0.2, -0.15) is 79.2 Å². The number of ether oxygens (including phenoxy) is 4. The third-order valence-electron chi connectivity index (χ3n) is 10.8. The summed E-state index contributed by atoms with van der Waals surface area (Å²) in [6, 6.07) is 6.43. The van der Waals surface area contributed by atoms with Crippen LogP contribution in [0.25, 0.3) is 0 Å². The second-order valence-corrected chi connectivity index (χ2v) is 20.2. The van der Waals surface area contributed by atoms with Crippen LogP contribution in [0.5, 0.6) is 23.0 Å². The molecular weight excluding hydrogens is 1210 g/mol. The number of carbonyl (C=O) groups is 2. The van der Waals surface area contributed by atoms with Gasteiger partial charge in [-0.05, 0) is 85.0 Å². The molecule has 26 nitrogen and oxygen atoms in total. The third-order valence-corrected chi connectivity index (χ3v) is 13.7. The van der Waals surface area contributed by atoms with Crippen molar-refractivity contribution in [1.82, 2.24) is 27.4 Å². The molecule has 1 heterocycles. The maximum Gasteiger partial charge on any atom is 0.237 e. The summed E-state index contributed by atoms with van der Waals surface area (Å²) in [7, 11) is 3.64. The van der Waals surface area contributed by atoms with E-state index in [9.17, 15) is 9.59 Å². The molecule has 478 valence electrons. The highest BCUT2D eigenvalue weighted by Crippen LogP contribution is 2.42. The Balaban J connectivity index is -0.000000250. The van der Waals surface area contributed by atoms with Gasteiger partial charge in [0.05, 0.1) is 36.8 Å². The van der Waals surface area contributed by atoms with E-state index in [1.165, 1.54) is 11.1 Å². The number of hydrogen-bond donors (Lipinski definition) is 19. The van der Waals surface area contributed by atoms with E-state index in [2.05, 4.69) is 69.4 Å². The normalized spacial score (nSPS) is 12.0. The fourth-order valence-corrected chi connectivity index (χ4v) is 9.51. The minimum Gasteiger partial charge on any atom is -0.488 e. The first-order valence-electron chi connectivity index (χ1n) is 24.8. The van der Waals surface area contributed by atoms with E-state index >= 15 is 0 Å². The second-order valence-electron chi connectivity index (χ2n) is 17.1. The summed E-state index contributed by atoms with van der Waals surface area (Å²) < 4.78 is 23.9. The summed E-state index contributed by atoms with van der Waals surface area (Å²) in [5, 5.41) is 26.6. The lowest BCUT2D eigenvalue weighted by Crippen LogP contribution is -2.42. The van der Waals surface area contributed by atoms with Crippen LogP contribution in [-0.2, 0) is 32.6 Å². The number of thiol groups is 2. The molecule has 0 aromatic heterocycles. The van der Waals surface area contributed by atoms with E-state index in [4.69, 9.17) is 87.1 Å². The number of nitrogens with zero attached hydrogens (tertiary/aromatic N) is 2. The molecule has 1 aliphatic heterocycles. The van der Waals surface area contributed by atoms with Crippen LogP contribution in [0.4, 0.5) is 0 Å². The summed E-state index contributed by atoms with van der Waals surface area (Å²) in [6.45, 7) is 5.38. The maximum absolute atomic E-state index is 12.2. The van der Waals surface area contributed by atoms with Crippen molar-refractivity contribution in [3.8, 4) is 35.8 Å². The lowest BCUT2D eigenvalue weighted by atomic mass is 10.1. The lowest BCUT2D eigenvalue weighted by Gasteiger charge is -2.20. The molecule has 0 saturated heterocycles. The quantitative estimate of drug-likeness (QED) is 0.0102. The van der Waals surface area contributed by atoms with Gasteiger partial charge in [0, 0.05) is 88.6 Å². The molecule has 0 unspecified atom stereocenters. The van der Waals surface area contributed by atoms with Crippen molar-refractivity contribution < 1.29 is 35.4 Å². The summed E-state index contributed by atoms with van der Waals surface area (Å²) in [5.74, 6) is 5.15. The Morgan fingerprint density at radius 3 is 1.21 bits per heavy atom. The molecule has 2 aromatic rings. The highest BCUT2D eigenvalue weighted by Gasteiger charge is 2.19. The Morgan fingerprint density at radius 1 is 0.585 bits per heavy atom. The van der Waals surface area contributed by atoms with Gasteiger partial charge in [-0.1, -0.05) is 21.6 Å². The third kappa shape index (κ3) is 42.0. The van der Waals surface area contributed by atoms with Crippen LogP contribution in [0.1, 0.15) is 75.0 Å². The van der Waals surface area contributed by atoms with Gasteiger partial charge in [-0.15, -0.1) is 12.8 Å². The predicted molar refractivity (Wildman–Crippen MR) is 371 cm³/mol. The zero-order valence-electron chi connectivity index (χ0n) is 46.8. The smallest absolute Gasteiger partial charge is 0.237 e. The van der Waals surface area contributed by atoms with E-state index < -0.39 is 12.1 Å². The predicted octanol–water partition coefficient (Wildman–Crippen LogP) is -0.313. The first kappa shape index (κ1) is 89.3. The first-order valence-corrected chi connectivity index (χ1v) is 28.6. The van der Waals surface area contributed by atoms with Crippen molar-refractivity contribution >= 4 is 136 Å². The molecule has 0 spiro atoms. The monoisotopic (exact) mass is 1310 g/mol. The van der Waals surface area contributed by atoms with Crippen molar-refractivity contribution in [3.05, 3.63) is 46.5 Å². The Morgan fingerprint density at radius 2 is 0.902 bits per heavy atom. The lowest BCUT2D eigenvalue weighted by molar-refractivity contribution is -0.123. The van der Waals surface area contributed by atoms with Crippen LogP contribution >= 0.6 is 101 Å². The Bertz CT molecular complexity index is 2010. The molecule has 1 aliphatic rings. The Kier molecular flexibility index (Phi) is 59.9. The van der Waals surface area contributed by atoms with E-state index in [0.29, 0.717) is 145 Å². The van der Waals surface area contributed by atoms with Gasteiger partial charge in [-0.3, -0.25) is 30.4 Å². The molecule has 82 heavy (non-hydrogen) atoms. The van der Waals surface area contributed by atoms with Crippen molar-refractivity contribution in [1.29, 1.82) is 10.8 Å². The fourth-order valence-electron chi connectivity index (χ4n) is 6.70. The largest absolute Gasteiger partial charge is 0.488 e. The van der Waals surface area contributed by atoms with Gasteiger partial charge in [0.1, 0.15) is 26.4 Å². The van der Waals surface area contributed by atoms with Gasteiger partial charge in [0.15, 0.2) is 34.9 Å². The topological polar surface area (TPSA) is 518 Å². The molecule has 2 amide bonds. The van der Waals surface area contributed by atoms with E-state index in [0.717, 1.165) is 22.6 Å². The molecule has 31 N–H and O–H groups in total. The number of fused-ring (bicyclic) bond motifs is 1. The zero-order chi connectivity index (χ0) is 56.7. The molecule has 4 atom stereocenters. The van der Waals surface area contributed by atoms with Crippen molar-refractivity contribution in [2.45, 2.75) is 98.5 Å². The highest BCUT2D eigenvalue weighted by atomic mass is 33.1. The summed E-state index contributed by atoms with van der Waals surface area (Å²) in [4.78, 5) is 32.2. The number of hydrogen-bond acceptors (Lipinski definition) is 21. The maximum atomic E-state index is 12.2. The Labute approximate surface area is 533 Å². The van der Waals surface area contributed by atoms with Crippen molar-refractivity contribution in [2.24, 2.45) is 67.3 Å². The molecule has 0 radical (unpaired) electrons. The zero-order valence-corrected chi connectivity index (χ0v) is 54.2. The molecule has 0 bridgehead atoms. The number of nitrogens with one attached hydrogen (secondary N) is 6. The molecule has 34 heteroatoms. The summed E-state index contributed by atoms with van der Waals surface area (Å²) >= 11 is 8.81. The number of aliphatic imine (C=N–C) groups is 2. The van der Waals surface area contributed by atoms with Gasteiger partial charge in [-0.25, -0.2) is 0 Å². The van der Waals surface area contributed by atoms with Crippen LogP contribution in [0.15, 0.2) is 34.3 Å². The average Bonchev–Trinajstić information content (AvgIpc) is 3.38. The minimum atomic E-state index is -0.657. The molecule has 3 rings (SSSR count). The van der Waals surface area contributed by atoms with Gasteiger partial charge in [0.2, 0.25) is 11.8 Å².